The minimum absolute atomic E-state index is 0.733. The standard InChI is InChI=1S/C7H10N2/c1-2-3-5-9-6-4-8-7-9/h3,5-6H,2,7H2,1H3/b5-3+. The summed E-state index contributed by atoms with van der Waals surface area (Å²) < 4.78 is 0. The van der Waals surface area contributed by atoms with Gasteiger partial charge in [0.2, 0.25) is 0 Å². The van der Waals surface area contributed by atoms with E-state index in [-0.39, 0.29) is 0 Å². The lowest BCUT2D eigenvalue weighted by Gasteiger charge is -2.03. The summed E-state index contributed by atoms with van der Waals surface area (Å²) in [7, 11) is 0. The van der Waals surface area contributed by atoms with Crippen molar-refractivity contribution in [3.63, 3.8) is 0 Å². The zero-order valence-corrected chi connectivity index (χ0v) is 5.54. The van der Waals surface area contributed by atoms with Crippen molar-refractivity contribution in [2.24, 2.45) is 4.99 Å². The van der Waals surface area contributed by atoms with Gasteiger partial charge < -0.3 is 4.90 Å². The van der Waals surface area contributed by atoms with Crippen molar-refractivity contribution in [1.29, 1.82) is 0 Å². The number of hydrogen-bond donors (Lipinski definition) is 0. The van der Waals surface area contributed by atoms with Crippen LogP contribution in [0.1, 0.15) is 13.3 Å². The summed E-state index contributed by atoms with van der Waals surface area (Å²) in [5, 5.41) is 0. The monoisotopic (exact) mass is 122 g/mol. The molecule has 0 aromatic carbocycles. The fraction of sp³-hybridized carbons (Fsp3) is 0.429. The van der Waals surface area contributed by atoms with E-state index in [0.29, 0.717) is 0 Å². The van der Waals surface area contributed by atoms with Gasteiger partial charge in [-0.2, -0.15) is 0 Å². The van der Waals surface area contributed by atoms with Crippen LogP contribution in [0.2, 0.25) is 0 Å². The molecule has 0 fully saturated rings. The first-order valence-corrected chi connectivity index (χ1v) is 3.11. The summed E-state index contributed by atoms with van der Waals surface area (Å²) in [6, 6.07) is 0. The van der Waals surface area contributed by atoms with Crippen LogP contribution in [0.15, 0.2) is 23.5 Å². The van der Waals surface area contributed by atoms with Crippen LogP contribution in [0.25, 0.3) is 0 Å². The second-order valence-corrected chi connectivity index (χ2v) is 1.86. The Bertz CT molecular complexity index is 164. The summed E-state index contributed by atoms with van der Waals surface area (Å²) >= 11 is 0. The summed E-state index contributed by atoms with van der Waals surface area (Å²) in [6.45, 7) is 2.84. The smallest absolute Gasteiger partial charge is 0.123 e. The van der Waals surface area contributed by atoms with Crippen molar-refractivity contribution in [3.8, 4) is 0 Å². The lowest BCUT2D eigenvalue weighted by atomic mass is 10.5. The highest BCUT2D eigenvalue weighted by Gasteiger charge is 1.92. The molecule has 2 heteroatoms. The molecule has 0 bridgehead atoms. The Hall–Kier alpha value is -1.01. The van der Waals surface area contributed by atoms with Crippen LogP contribution in [-0.2, 0) is 0 Å². The van der Waals surface area contributed by atoms with Crippen LogP contribution in [0.5, 0.6) is 0 Å². The quantitative estimate of drug-likeness (QED) is 0.540. The zero-order chi connectivity index (χ0) is 6.53. The molecule has 1 aliphatic rings. The maximum atomic E-state index is 3.89. The predicted octanol–water partition coefficient (Wildman–Crippen LogP) is 1.37. The Morgan fingerprint density at radius 1 is 1.89 bits per heavy atom. The number of nitrogens with zero attached hydrogens (tertiary/aromatic N) is 2. The second kappa shape index (κ2) is 3.10. The lowest BCUT2D eigenvalue weighted by molar-refractivity contribution is 0.544. The molecule has 2 nitrogen and oxygen atoms in total. The van der Waals surface area contributed by atoms with E-state index in [2.05, 4.69) is 23.9 Å². The molecular formula is C7H10N2. The van der Waals surface area contributed by atoms with Gasteiger partial charge in [-0.3, -0.25) is 0 Å². The van der Waals surface area contributed by atoms with Gasteiger partial charge in [0.25, 0.3) is 0 Å². The number of rotatable bonds is 2. The van der Waals surface area contributed by atoms with Gasteiger partial charge in [0.1, 0.15) is 6.67 Å². The molecule has 0 saturated heterocycles. The van der Waals surface area contributed by atoms with E-state index in [0.717, 1.165) is 13.1 Å². The summed E-state index contributed by atoms with van der Waals surface area (Å²) in [5.74, 6) is 2.76. The number of hydrogen-bond acceptors (Lipinski definition) is 2. The average Bonchev–Trinajstić information content (AvgIpc) is 2.34. The molecule has 48 valence electrons. The van der Waals surface area contributed by atoms with E-state index in [1.807, 2.05) is 17.3 Å². The molecule has 0 radical (unpaired) electrons. The normalized spacial score (nSPS) is 16.3. The van der Waals surface area contributed by atoms with Crippen LogP contribution >= 0.6 is 0 Å². The van der Waals surface area contributed by atoms with Gasteiger partial charge in [0.15, 0.2) is 0 Å². The molecule has 1 heterocycles. The van der Waals surface area contributed by atoms with E-state index in [1.54, 1.807) is 0 Å². The molecule has 1 aliphatic heterocycles. The summed E-state index contributed by atoms with van der Waals surface area (Å²) in [5.41, 5.74) is 0. The minimum Gasteiger partial charge on any atom is -0.326 e. The molecule has 0 unspecified atom stereocenters. The first kappa shape index (κ1) is 6.12. The van der Waals surface area contributed by atoms with Crippen LogP contribution < -0.4 is 0 Å². The SMILES string of the molecule is CC/C=C/N1C=C=NC1. The van der Waals surface area contributed by atoms with E-state index in [1.165, 1.54) is 0 Å². The third kappa shape index (κ3) is 1.74. The molecular weight excluding hydrogens is 112 g/mol. The van der Waals surface area contributed by atoms with Gasteiger partial charge in [-0.15, -0.1) is 0 Å². The fourth-order valence-corrected chi connectivity index (χ4v) is 0.609. The Balaban J connectivity index is 2.31. The van der Waals surface area contributed by atoms with E-state index >= 15 is 0 Å². The van der Waals surface area contributed by atoms with Crippen molar-refractivity contribution >= 4 is 5.87 Å². The highest BCUT2D eigenvalue weighted by molar-refractivity contribution is 5.53. The van der Waals surface area contributed by atoms with Gasteiger partial charge in [-0.1, -0.05) is 13.0 Å². The van der Waals surface area contributed by atoms with Crippen molar-refractivity contribution in [1.82, 2.24) is 4.90 Å². The van der Waals surface area contributed by atoms with Gasteiger partial charge >= 0.3 is 0 Å². The second-order valence-electron chi connectivity index (χ2n) is 1.86. The average molecular weight is 122 g/mol. The van der Waals surface area contributed by atoms with Crippen LogP contribution in [0, 0.1) is 0 Å². The molecule has 0 amide bonds. The largest absolute Gasteiger partial charge is 0.326 e. The first-order chi connectivity index (χ1) is 4.43. The molecule has 0 atom stereocenters. The number of allylic oxidation sites excluding steroid dienone is 1. The van der Waals surface area contributed by atoms with Crippen molar-refractivity contribution in [3.05, 3.63) is 18.5 Å². The maximum absolute atomic E-state index is 3.89. The van der Waals surface area contributed by atoms with Crippen LogP contribution in [0.3, 0.4) is 0 Å². The van der Waals surface area contributed by atoms with Gasteiger partial charge in [-0.05, 0) is 6.42 Å². The first-order valence-electron chi connectivity index (χ1n) is 3.11. The highest BCUT2D eigenvalue weighted by Crippen LogP contribution is 1.94. The Labute approximate surface area is 55.2 Å². The van der Waals surface area contributed by atoms with E-state index in [4.69, 9.17) is 0 Å². The predicted molar refractivity (Wildman–Crippen MR) is 38.1 cm³/mol. The zero-order valence-electron chi connectivity index (χ0n) is 5.54. The molecule has 9 heavy (non-hydrogen) atoms. The third-order valence-electron chi connectivity index (χ3n) is 1.08. The summed E-state index contributed by atoms with van der Waals surface area (Å²) in [4.78, 5) is 5.88. The van der Waals surface area contributed by atoms with Gasteiger partial charge in [0.05, 0.1) is 6.20 Å². The number of aliphatic imine (C=N–C) groups is 1. The van der Waals surface area contributed by atoms with Crippen molar-refractivity contribution < 1.29 is 0 Å². The third-order valence-corrected chi connectivity index (χ3v) is 1.08. The highest BCUT2D eigenvalue weighted by atomic mass is 15.2. The van der Waals surface area contributed by atoms with E-state index in [9.17, 15) is 0 Å². The Morgan fingerprint density at radius 2 is 2.78 bits per heavy atom. The van der Waals surface area contributed by atoms with Gasteiger partial charge in [0, 0.05) is 12.1 Å². The molecule has 1 rings (SSSR count). The molecule has 0 N–H and O–H groups in total. The van der Waals surface area contributed by atoms with E-state index < -0.39 is 0 Å². The molecule has 0 saturated carbocycles. The Kier molecular flexibility index (Phi) is 2.11. The molecule has 0 aromatic rings. The summed E-state index contributed by atoms with van der Waals surface area (Å²) in [6.07, 6.45) is 7.03. The van der Waals surface area contributed by atoms with Gasteiger partial charge in [-0.25, -0.2) is 4.99 Å². The van der Waals surface area contributed by atoms with Crippen LogP contribution in [0.4, 0.5) is 0 Å². The van der Waals surface area contributed by atoms with Crippen LogP contribution in [-0.4, -0.2) is 17.4 Å². The maximum Gasteiger partial charge on any atom is 0.123 e. The fourth-order valence-electron chi connectivity index (χ4n) is 0.609. The lowest BCUT2D eigenvalue weighted by Crippen LogP contribution is -2.04. The van der Waals surface area contributed by atoms with Crippen molar-refractivity contribution in [2.45, 2.75) is 13.3 Å². The Morgan fingerprint density at radius 3 is 3.33 bits per heavy atom. The molecule has 0 aliphatic carbocycles. The molecule has 0 spiro atoms. The van der Waals surface area contributed by atoms with Crippen molar-refractivity contribution in [2.75, 3.05) is 6.67 Å². The topological polar surface area (TPSA) is 15.6 Å². The minimum atomic E-state index is 0.733. The molecule has 0 aromatic heterocycles.